The van der Waals surface area contributed by atoms with Crippen LogP contribution in [0.15, 0.2) is 0 Å². The van der Waals surface area contributed by atoms with E-state index >= 15 is 0 Å². The number of rotatable bonds is 2. The lowest BCUT2D eigenvalue weighted by atomic mass is 9.77. The zero-order chi connectivity index (χ0) is 16.8. The molecular weight excluding hydrogens is 304 g/mol. The van der Waals surface area contributed by atoms with Gasteiger partial charge in [0.1, 0.15) is 42.7 Å². The van der Waals surface area contributed by atoms with Gasteiger partial charge in [-0.3, -0.25) is 0 Å². The lowest BCUT2D eigenvalue weighted by Gasteiger charge is -2.53. The van der Waals surface area contributed by atoms with Crippen molar-refractivity contribution < 1.29 is 50.3 Å². The van der Waals surface area contributed by atoms with Crippen LogP contribution in [0.1, 0.15) is 6.92 Å². The average molecular weight is 326 g/mol. The van der Waals surface area contributed by atoms with Crippen LogP contribution in [0.5, 0.6) is 0 Å². The molecule has 0 aromatic heterocycles. The maximum absolute atomic E-state index is 10.6. The molecule has 2 heterocycles. The Morgan fingerprint density at radius 3 is 2.00 bits per heavy atom. The zero-order valence-electron chi connectivity index (χ0n) is 11.8. The Kier molecular flexibility index (Phi) is 5.09. The van der Waals surface area contributed by atoms with Crippen molar-refractivity contribution in [1.29, 1.82) is 0 Å². The highest BCUT2D eigenvalue weighted by Gasteiger charge is 2.63. The molecule has 0 aromatic carbocycles. The largest absolute Gasteiger partial charge is 0.394 e. The molecule has 2 fully saturated rings. The van der Waals surface area contributed by atoms with E-state index < -0.39 is 67.3 Å². The van der Waals surface area contributed by atoms with Crippen molar-refractivity contribution in [2.75, 3.05) is 6.61 Å². The molecule has 130 valence electrons. The van der Waals surface area contributed by atoms with Crippen LogP contribution >= 0.6 is 0 Å². The molecule has 0 bridgehead atoms. The molecule has 2 aliphatic heterocycles. The molecule has 0 saturated carbocycles. The molecule has 2 rings (SSSR count). The van der Waals surface area contributed by atoms with Gasteiger partial charge in [-0.2, -0.15) is 0 Å². The summed E-state index contributed by atoms with van der Waals surface area (Å²) < 4.78 is 10.0. The van der Waals surface area contributed by atoms with Gasteiger partial charge in [0.15, 0.2) is 11.9 Å². The first-order chi connectivity index (χ1) is 10.2. The third kappa shape index (κ3) is 2.55. The minimum atomic E-state index is -2.68. The second-order valence-electron chi connectivity index (χ2n) is 5.77. The van der Waals surface area contributed by atoms with Crippen LogP contribution in [0.25, 0.3) is 0 Å². The van der Waals surface area contributed by atoms with Crippen LogP contribution in [0, 0.1) is 0 Å². The Labute approximate surface area is 125 Å². The molecule has 10 atom stereocenters. The third-order valence-corrected chi connectivity index (χ3v) is 4.37. The summed E-state index contributed by atoms with van der Waals surface area (Å²) in [5.41, 5.74) is -2.68. The van der Waals surface area contributed by atoms with Crippen molar-refractivity contribution in [1.82, 2.24) is 0 Å². The number of hydrogen-bond donors (Lipinski definition) is 8. The number of hydrogen-bond acceptors (Lipinski definition) is 10. The highest BCUT2D eigenvalue weighted by molar-refractivity contribution is 5.09. The molecule has 22 heavy (non-hydrogen) atoms. The van der Waals surface area contributed by atoms with Crippen molar-refractivity contribution in [2.45, 2.75) is 67.6 Å². The quantitative estimate of drug-likeness (QED) is 0.245. The minimum Gasteiger partial charge on any atom is -0.394 e. The molecular formula is C12H22O10. The molecule has 5 unspecified atom stereocenters. The smallest absolute Gasteiger partial charge is 0.189 e. The van der Waals surface area contributed by atoms with E-state index in [0.717, 1.165) is 0 Å². The van der Waals surface area contributed by atoms with Gasteiger partial charge in [-0.1, -0.05) is 0 Å². The summed E-state index contributed by atoms with van der Waals surface area (Å²) in [6.45, 7) is 0.628. The fourth-order valence-corrected chi connectivity index (χ4v) is 2.87. The van der Waals surface area contributed by atoms with Crippen molar-refractivity contribution in [2.24, 2.45) is 0 Å². The van der Waals surface area contributed by atoms with Crippen LogP contribution in [0.3, 0.4) is 0 Å². The molecule has 0 aromatic rings. The first kappa shape index (κ1) is 17.9. The molecule has 0 spiro atoms. The molecule has 10 nitrogen and oxygen atoms in total. The van der Waals surface area contributed by atoms with Crippen molar-refractivity contribution in [3.05, 3.63) is 0 Å². The summed E-state index contributed by atoms with van der Waals surface area (Å²) in [7, 11) is 0. The Bertz CT molecular complexity index is 394. The van der Waals surface area contributed by atoms with E-state index in [9.17, 15) is 35.7 Å². The molecule has 2 aliphatic rings. The summed E-state index contributed by atoms with van der Waals surface area (Å²) in [5, 5.41) is 78.8. The summed E-state index contributed by atoms with van der Waals surface area (Å²) in [6, 6.07) is 0. The van der Waals surface area contributed by atoms with Gasteiger partial charge < -0.3 is 50.3 Å². The maximum atomic E-state index is 10.6. The van der Waals surface area contributed by atoms with Crippen LogP contribution < -0.4 is 0 Å². The summed E-state index contributed by atoms with van der Waals surface area (Å²) in [6.07, 6.45) is -15.1. The molecule has 2 saturated heterocycles. The summed E-state index contributed by atoms with van der Waals surface area (Å²) in [5.74, 6) is 0. The molecule has 0 aliphatic carbocycles. The first-order valence-corrected chi connectivity index (χ1v) is 6.88. The second-order valence-corrected chi connectivity index (χ2v) is 5.77. The van der Waals surface area contributed by atoms with Gasteiger partial charge in [-0.05, 0) is 6.92 Å². The van der Waals surface area contributed by atoms with Crippen LogP contribution in [-0.2, 0) is 9.47 Å². The molecule has 10 heteroatoms. The molecule has 0 amide bonds. The van der Waals surface area contributed by atoms with E-state index in [2.05, 4.69) is 0 Å². The van der Waals surface area contributed by atoms with Crippen molar-refractivity contribution in [3.8, 4) is 0 Å². The molecule has 8 N–H and O–H groups in total. The van der Waals surface area contributed by atoms with Gasteiger partial charge in [0, 0.05) is 0 Å². The van der Waals surface area contributed by atoms with Gasteiger partial charge in [0.25, 0.3) is 0 Å². The van der Waals surface area contributed by atoms with Gasteiger partial charge in [0.05, 0.1) is 12.7 Å². The summed E-state index contributed by atoms with van der Waals surface area (Å²) in [4.78, 5) is 0. The number of ether oxygens (including phenoxy) is 2. The predicted molar refractivity (Wildman–Crippen MR) is 67.3 cm³/mol. The number of aliphatic hydroxyl groups is 8. The highest BCUT2D eigenvalue weighted by Crippen LogP contribution is 2.38. The van der Waals surface area contributed by atoms with Crippen molar-refractivity contribution in [3.63, 3.8) is 0 Å². The Hall–Kier alpha value is -0.400. The standard InChI is InChI=1S/C12H22O10/c1-3-5(14)7(16)8(17)10(21-3)12(20)9(18)6(15)4(2-13)22-11(12)19/h3-11,13-20H,2H2,1H3/t3-,4?,5-,6?,7+,8+,9?,10-,11?,12?/m1/s1. The Morgan fingerprint density at radius 1 is 0.864 bits per heavy atom. The van der Waals surface area contributed by atoms with Crippen molar-refractivity contribution >= 4 is 0 Å². The Morgan fingerprint density at radius 2 is 1.45 bits per heavy atom. The van der Waals surface area contributed by atoms with Gasteiger partial charge in [-0.25, -0.2) is 0 Å². The second kappa shape index (κ2) is 6.24. The van der Waals surface area contributed by atoms with Crippen LogP contribution in [0.2, 0.25) is 0 Å². The normalized spacial score (nSPS) is 56.9. The molecule has 0 radical (unpaired) electrons. The minimum absolute atomic E-state index is 0.725. The van der Waals surface area contributed by atoms with E-state index in [-0.39, 0.29) is 0 Å². The average Bonchev–Trinajstić information content (AvgIpc) is 2.50. The monoisotopic (exact) mass is 326 g/mol. The van der Waals surface area contributed by atoms with E-state index in [1.165, 1.54) is 6.92 Å². The van der Waals surface area contributed by atoms with Gasteiger partial charge >= 0.3 is 0 Å². The van der Waals surface area contributed by atoms with Gasteiger partial charge in [0.2, 0.25) is 0 Å². The van der Waals surface area contributed by atoms with E-state index in [1.54, 1.807) is 0 Å². The fourth-order valence-electron chi connectivity index (χ4n) is 2.87. The number of aliphatic hydroxyl groups excluding tert-OH is 7. The third-order valence-electron chi connectivity index (χ3n) is 4.37. The zero-order valence-corrected chi connectivity index (χ0v) is 11.8. The van der Waals surface area contributed by atoms with E-state index in [4.69, 9.17) is 14.6 Å². The lowest BCUT2D eigenvalue weighted by Crippen LogP contribution is -2.76. The van der Waals surface area contributed by atoms with E-state index in [0.29, 0.717) is 0 Å². The summed E-state index contributed by atoms with van der Waals surface area (Å²) >= 11 is 0. The highest BCUT2D eigenvalue weighted by atomic mass is 16.7. The van der Waals surface area contributed by atoms with E-state index in [1.807, 2.05) is 0 Å². The van der Waals surface area contributed by atoms with Crippen LogP contribution in [0.4, 0.5) is 0 Å². The lowest BCUT2D eigenvalue weighted by molar-refractivity contribution is -0.376. The SMILES string of the molecule is C[C@H]1O[C@@H](C2(O)C(O)OC(CO)C(O)C2O)[C@@H](O)[C@@H](O)[C@@H]1O. The predicted octanol–water partition coefficient (Wildman–Crippen LogP) is -4.98. The Balaban J connectivity index is 2.32. The maximum Gasteiger partial charge on any atom is 0.189 e. The fraction of sp³-hybridized carbons (Fsp3) is 1.00. The topological polar surface area (TPSA) is 180 Å². The van der Waals surface area contributed by atoms with Crippen LogP contribution in [-0.4, -0.2) is 108 Å². The first-order valence-electron chi connectivity index (χ1n) is 6.88. The van der Waals surface area contributed by atoms with Gasteiger partial charge in [-0.15, -0.1) is 0 Å².